The normalized spacial score (nSPS) is 15.7. The van der Waals surface area contributed by atoms with E-state index in [1.165, 1.54) is 43.6 Å². The van der Waals surface area contributed by atoms with Gasteiger partial charge in [-0.2, -0.15) is 0 Å². The molecule has 1 saturated carbocycles. The van der Waals surface area contributed by atoms with E-state index in [0.29, 0.717) is 18.4 Å². The van der Waals surface area contributed by atoms with Gasteiger partial charge in [0.25, 0.3) is 11.8 Å². The molecule has 1 aromatic heterocycles. The molecule has 1 aliphatic rings. The number of rotatable bonds is 6. The highest BCUT2D eigenvalue weighted by molar-refractivity contribution is 5.93. The summed E-state index contributed by atoms with van der Waals surface area (Å²) in [5.74, 6) is -0.0659. The van der Waals surface area contributed by atoms with E-state index >= 15 is 0 Å². The smallest absolute Gasteiger partial charge is 0.271 e. The van der Waals surface area contributed by atoms with E-state index in [4.69, 9.17) is 5.73 Å². The maximum Gasteiger partial charge on any atom is 0.271 e. The molecule has 0 radical (unpaired) electrons. The van der Waals surface area contributed by atoms with Crippen LogP contribution in [0.5, 0.6) is 0 Å². The highest BCUT2D eigenvalue weighted by Crippen LogP contribution is 2.36. The Morgan fingerprint density at radius 2 is 1.72 bits per heavy atom. The zero-order valence-electron chi connectivity index (χ0n) is 14.0. The zero-order chi connectivity index (χ0) is 17.6. The number of nitrogens with one attached hydrogen (secondary N) is 1. The van der Waals surface area contributed by atoms with E-state index in [1.54, 1.807) is 0 Å². The van der Waals surface area contributed by atoms with E-state index in [1.807, 2.05) is 18.2 Å². The number of carbonyl (C=O) groups is 2. The third-order valence-electron chi connectivity index (χ3n) is 4.82. The summed E-state index contributed by atoms with van der Waals surface area (Å²) in [7, 11) is 0. The Hall–Kier alpha value is -2.76. The number of carbonyl (C=O) groups excluding carboxylic acids is 2. The Morgan fingerprint density at radius 1 is 1.08 bits per heavy atom. The van der Waals surface area contributed by atoms with Crippen molar-refractivity contribution in [2.45, 2.75) is 31.6 Å². The fraction of sp³-hybridized carbons (Fsp3) is 0.368. The SMILES string of the molecule is NC(=O)c1cnc(C(=O)NCC(c2ccccc2)C2CCCC2)cn1. The van der Waals surface area contributed by atoms with Gasteiger partial charge in [0.05, 0.1) is 12.4 Å². The molecule has 1 unspecified atom stereocenters. The molecule has 1 heterocycles. The molecular formula is C19H22N4O2. The van der Waals surface area contributed by atoms with Crippen LogP contribution in [0.15, 0.2) is 42.7 Å². The van der Waals surface area contributed by atoms with Gasteiger partial charge in [-0.25, -0.2) is 9.97 Å². The average Bonchev–Trinajstić information content (AvgIpc) is 3.17. The van der Waals surface area contributed by atoms with E-state index in [9.17, 15) is 9.59 Å². The van der Waals surface area contributed by atoms with E-state index in [2.05, 4.69) is 27.4 Å². The summed E-state index contributed by atoms with van der Waals surface area (Å²) in [6, 6.07) is 10.3. The fourth-order valence-electron chi connectivity index (χ4n) is 3.48. The Labute approximate surface area is 146 Å². The predicted octanol–water partition coefficient (Wildman–Crippen LogP) is 2.28. The van der Waals surface area contributed by atoms with Crippen LogP contribution >= 0.6 is 0 Å². The van der Waals surface area contributed by atoms with Crippen molar-refractivity contribution in [1.82, 2.24) is 15.3 Å². The number of aromatic nitrogens is 2. The van der Waals surface area contributed by atoms with Gasteiger partial charge in [-0.05, 0) is 24.3 Å². The summed E-state index contributed by atoms with van der Waals surface area (Å²) >= 11 is 0. The monoisotopic (exact) mass is 338 g/mol. The second kappa shape index (κ2) is 7.88. The van der Waals surface area contributed by atoms with Crippen LogP contribution in [-0.2, 0) is 0 Å². The lowest BCUT2D eigenvalue weighted by molar-refractivity contribution is 0.0939. The fourth-order valence-corrected chi connectivity index (χ4v) is 3.48. The predicted molar refractivity (Wildman–Crippen MR) is 94.0 cm³/mol. The lowest BCUT2D eigenvalue weighted by atomic mass is 9.85. The molecule has 1 atom stereocenters. The molecule has 3 rings (SSSR count). The topological polar surface area (TPSA) is 98.0 Å². The lowest BCUT2D eigenvalue weighted by Gasteiger charge is -2.24. The van der Waals surface area contributed by atoms with Crippen LogP contribution in [0.4, 0.5) is 0 Å². The Morgan fingerprint density at radius 3 is 2.32 bits per heavy atom. The van der Waals surface area contributed by atoms with Crippen LogP contribution in [0.1, 0.15) is 58.1 Å². The summed E-state index contributed by atoms with van der Waals surface area (Å²) in [4.78, 5) is 31.2. The van der Waals surface area contributed by atoms with Gasteiger partial charge in [-0.15, -0.1) is 0 Å². The highest BCUT2D eigenvalue weighted by atomic mass is 16.2. The van der Waals surface area contributed by atoms with Crippen LogP contribution in [0, 0.1) is 5.92 Å². The van der Waals surface area contributed by atoms with Gasteiger partial charge in [0.2, 0.25) is 0 Å². The van der Waals surface area contributed by atoms with Gasteiger partial charge in [0, 0.05) is 12.5 Å². The second-order valence-corrected chi connectivity index (χ2v) is 6.42. The molecule has 6 heteroatoms. The van der Waals surface area contributed by atoms with Crippen molar-refractivity contribution in [2.24, 2.45) is 11.7 Å². The van der Waals surface area contributed by atoms with Crippen molar-refractivity contribution in [3.05, 3.63) is 59.7 Å². The summed E-state index contributed by atoms with van der Waals surface area (Å²) in [6.45, 7) is 0.562. The molecule has 0 aliphatic heterocycles. The van der Waals surface area contributed by atoms with Crippen LogP contribution < -0.4 is 11.1 Å². The molecule has 0 spiro atoms. The van der Waals surface area contributed by atoms with Crippen LogP contribution in [-0.4, -0.2) is 28.3 Å². The van der Waals surface area contributed by atoms with Gasteiger partial charge < -0.3 is 11.1 Å². The van der Waals surface area contributed by atoms with Gasteiger partial charge in [0.15, 0.2) is 0 Å². The molecule has 130 valence electrons. The molecule has 2 aromatic rings. The number of nitrogens with zero attached hydrogens (tertiary/aromatic N) is 2. The molecule has 1 aliphatic carbocycles. The molecule has 1 fully saturated rings. The summed E-state index contributed by atoms with van der Waals surface area (Å²) in [6.07, 6.45) is 7.40. The first-order valence-electron chi connectivity index (χ1n) is 8.60. The first-order chi connectivity index (χ1) is 12.1. The third kappa shape index (κ3) is 4.21. The summed E-state index contributed by atoms with van der Waals surface area (Å²) in [5, 5.41) is 2.97. The highest BCUT2D eigenvalue weighted by Gasteiger charge is 2.26. The second-order valence-electron chi connectivity index (χ2n) is 6.42. The molecule has 25 heavy (non-hydrogen) atoms. The molecule has 0 saturated heterocycles. The molecule has 3 N–H and O–H groups in total. The average molecular weight is 338 g/mol. The van der Waals surface area contributed by atoms with E-state index < -0.39 is 5.91 Å². The first-order valence-corrected chi connectivity index (χ1v) is 8.60. The van der Waals surface area contributed by atoms with Crippen molar-refractivity contribution in [1.29, 1.82) is 0 Å². The number of hydrogen-bond donors (Lipinski definition) is 2. The minimum absolute atomic E-state index is 0.0460. The Bertz CT molecular complexity index is 725. The molecular weight excluding hydrogens is 316 g/mol. The lowest BCUT2D eigenvalue weighted by Crippen LogP contribution is -2.31. The standard InChI is InChI=1S/C19H22N4O2/c20-18(24)16-11-22-17(12-21-16)19(25)23-10-15(14-8-4-5-9-14)13-6-2-1-3-7-13/h1-3,6-7,11-12,14-15H,4-5,8-10H2,(H2,20,24)(H,23,25). The molecule has 6 nitrogen and oxygen atoms in total. The van der Waals surface area contributed by atoms with E-state index in [-0.39, 0.29) is 17.3 Å². The first kappa shape index (κ1) is 17.1. The number of amides is 2. The van der Waals surface area contributed by atoms with Gasteiger partial charge in [0.1, 0.15) is 11.4 Å². The molecule has 1 aromatic carbocycles. The number of hydrogen-bond acceptors (Lipinski definition) is 4. The maximum atomic E-state index is 12.3. The van der Waals surface area contributed by atoms with Crippen molar-refractivity contribution in [3.63, 3.8) is 0 Å². The minimum atomic E-state index is -0.662. The quantitative estimate of drug-likeness (QED) is 0.844. The third-order valence-corrected chi connectivity index (χ3v) is 4.82. The van der Waals surface area contributed by atoms with Gasteiger partial charge in [-0.3, -0.25) is 9.59 Å². The van der Waals surface area contributed by atoms with Crippen molar-refractivity contribution in [3.8, 4) is 0 Å². The molecule has 0 bridgehead atoms. The van der Waals surface area contributed by atoms with Crippen molar-refractivity contribution in [2.75, 3.05) is 6.54 Å². The summed E-state index contributed by atoms with van der Waals surface area (Å²) < 4.78 is 0. The Kier molecular flexibility index (Phi) is 5.38. The Balaban J connectivity index is 1.68. The zero-order valence-corrected chi connectivity index (χ0v) is 14.0. The van der Waals surface area contributed by atoms with Crippen molar-refractivity contribution >= 4 is 11.8 Å². The number of nitrogens with two attached hydrogens (primary N) is 1. The maximum absolute atomic E-state index is 12.3. The number of benzene rings is 1. The largest absolute Gasteiger partial charge is 0.364 e. The summed E-state index contributed by atoms with van der Waals surface area (Å²) in [5.41, 5.74) is 6.61. The minimum Gasteiger partial charge on any atom is -0.364 e. The van der Waals surface area contributed by atoms with Crippen LogP contribution in [0.25, 0.3) is 0 Å². The van der Waals surface area contributed by atoms with Gasteiger partial charge >= 0.3 is 0 Å². The number of primary amides is 1. The van der Waals surface area contributed by atoms with Crippen molar-refractivity contribution < 1.29 is 9.59 Å². The van der Waals surface area contributed by atoms with E-state index in [0.717, 1.165) is 0 Å². The van der Waals surface area contributed by atoms with Crippen LogP contribution in [0.2, 0.25) is 0 Å². The van der Waals surface area contributed by atoms with Gasteiger partial charge in [-0.1, -0.05) is 43.2 Å². The van der Waals surface area contributed by atoms with Crippen LogP contribution in [0.3, 0.4) is 0 Å². The molecule has 2 amide bonds.